The molecule has 0 rings (SSSR count). The van der Waals surface area contributed by atoms with E-state index in [0.717, 1.165) is 6.42 Å². The SMILES string of the molecule is COC(=O)[C@H](CCCCNC(C)=O)N=[N+]=[N-]. The third-order valence-electron chi connectivity index (χ3n) is 1.94. The summed E-state index contributed by atoms with van der Waals surface area (Å²) >= 11 is 0. The Morgan fingerprint density at radius 1 is 1.50 bits per heavy atom. The molecule has 16 heavy (non-hydrogen) atoms. The van der Waals surface area contributed by atoms with Gasteiger partial charge in [-0.25, -0.2) is 0 Å². The lowest BCUT2D eigenvalue weighted by molar-refractivity contribution is -0.142. The molecule has 90 valence electrons. The lowest BCUT2D eigenvalue weighted by Gasteiger charge is -2.08. The van der Waals surface area contributed by atoms with Crippen molar-refractivity contribution in [3.63, 3.8) is 0 Å². The van der Waals surface area contributed by atoms with Crippen LogP contribution in [0, 0.1) is 0 Å². The van der Waals surface area contributed by atoms with Gasteiger partial charge in [-0.15, -0.1) is 0 Å². The Labute approximate surface area is 93.8 Å². The van der Waals surface area contributed by atoms with E-state index in [1.54, 1.807) is 0 Å². The average Bonchev–Trinajstić information content (AvgIpc) is 2.25. The first kappa shape index (κ1) is 14.2. The van der Waals surface area contributed by atoms with Crippen molar-refractivity contribution in [3.8, 4) is 0 Å². The number of ether oxygens (including phenoxy) is 1. The number of carbonyl (C=O) groups excluding carboxylic acids is 2. The van der Waals surface area contributed by atoms with Crippen LogP contribution in [-0.2, 0) is 14.3 Å². The van der Waals surface area contributed by atoms with Crippen molar-refractivity contribution < 1.29 is 14.3 Å². The number of amides is 1. The maximum Gasteiger partial charge on any atom is 0.314 e. The minimum atomic E-state index is -0.771. The van der Waals surface area contributed by atoms with E-state index in [2.05, 4.69) is 20.1 Å². The first-order valence-electron chi connectivity index (χ1n) is 4.98. The van der Waals surface area contributed by atoms with Gasteiger partial charge in [0.15, 0.2) is 0 Å². The number of unbranched alkanes of at least 4 members (excludes halogenated alkanes) is 1. The minimum Gasteiger partial charge on any atom is -0.469 e. The Hall–Kier alpha value is -1.75. The highest BCUT2D eigenvalue weighted by atomic mass is 16.5. The van der Waals surface area contributed by atoms with Gasteiger partial charge in [0, 0.05) is 18.4 Å². The summed E-state index contributed by atoms with van der Waals surface area (Å²) < 4.78 is 4.49. The van der Waals surface area contributed by atoms with Gasteiger partial charge in [0.05, 0.1) is 7.11 Å². The second-order valence-electron chi connectivity index (χ2n) is 3.22. The fourth-order valence-electron chi connectivity index (χ4n) is 1.15. The molecule has 0 unspecified atom stereocenters. The van der Waals surface area contributed by atoms with Crippen LogP contribution in [0.4, 0.5) is 0 Å². The summed E-state index contributed by atoms with van der Waals surface area (Å²) in [5.74, 6) is -0.614. The number of rotatable bonds is 7. The molecule has 0 aromatic rings. The third kappa shape index (κ3) is 6.67. The molecule has 0 heterocycles. The van der Waals surface area contributed by atoms with Gasteiger partial charge in [0.2, 0.25) is 5.91 Å². The molecule has 0 aliphatic heterocycles. The fourth-order valence-corrected chi connectivity index (χ4v) is 1.15. The van der Waals surface area contributed by atoms with Crippen molar-refractivity contribution in [3.05, 3.63) is 10.4 Å². The highest BCUT2D eigenvalue weighted by molar-refractivity contribution is 5.75. The summed E-state index contributed by atoms with van der Waals surface area (Å²) in [6.45, 7) is 2.00. The predicted molar refractivity (Wildman–Crippen MR) is 57.5 cm³/mol. The molecule has 0 radical (unpaired) electrons. The molecular formula is C9H16N4O3. The zero-order chi connectivity index (χ0) is 12.4. The smallest absolute Gasteiger partial charge is 0.314 e. The standard InChI is InChI=1S/C9H16N4O3/c1-7(14)11-6-4-3-5-8(12-13-10)9(15)16-2/h8H,3-6H2,1-2H3,(H,11,14)/t8-/m0/s1. The highest BCUT2D eigenvalue weighted by Crippen LogP contribution is 2.06. The molecule has 0 saturated carbocycles. The van der Waals surface area contributed by atoms with Crippen LogP contribution in [0.5, 0.6) is 0 Å². The maximum atomic E-state index is 11.1. The van der Waals surface area contributed by atoms with Gasteiger partial charge in [-0.2, -0.15) is 0 Å². The zero-order valence-electron chi connectivity index (χ0n) is 9.47. The lowest BCUT2D eigenvalue weighted by Crippen LogP contribution is -2.22. The first-order valence-corrected chi connectivity index (χ1v) is 4.98. The van der Waals surface area contributed by atoms with E-state index in [9.17, 15) is 9.59 Å². The first-order chi connectivity index (χ1) is 7.61. The van der Waals surface area contributed by atoms with Gasteiger partial charge >= 0.3 is 5.97 Å². The third-order valence-corrected chi connectivity index (χ3v) is 1.94. The number of methoxy groups -OCH3 is 1. The van der Waals surface area contributed by atoms with E-state index >= 15 is 0 Å². The molecule has 7 heteroatoms. The monoisotopic (exact) mass is 228 g/mol. The molecular weight excluding hydrogens is 212 g/mol. The van der Waals surface area contributed by atoms with Gasteiger partial charge in [-0.05, 0) is 18.4 Å². The second kappa shape index (κ2) is 8.55. The number of nitrogens with zero attached hydrogens (tertiary/aromatic N) is 3. The summed E-state index contributed by atoms with van der Waals surface area (Å²) in [6.07, 6.45) is 1.84. The van der Waals surface area contributed by atoms with Gasteiger partial charge in [0.1, 0.15) is 6.04 Å². The van der Waals surface area contributed by atoms with Crippen molar-refractivity contribution in [2.75, 3.05) is 13.7 Å². The Bertz CT molecular complexity index is 286. The van der Waals surface area contributed by atoms with Crippen LogP contribution in [0.1, 0.15) is 26.2 Å². The van der Waals surface area contributed by atoms with E-state index in [1.807, 2.05) is 0 Å². The van der Waals surface area contributed by atoms with Crippen molar-refractivity contribution in [2.45, 2.75) is 32.2 Å². The Morgan fingerprint density at radius 2 is 2.19 bits per heavy atom. The summed E-state index contributed by atoms with van der Waals surface area (Å²) in [6, 6.07) is -0.771. The number of hydrogen-bond donors (Lipinski definition) is 1. The molecule has 1 atom stereocenters. The Balaban J connectivity index is 3.81. The molecule has 7 nitrogen and oxygen atoms in total. The summed E-state index contributed by atoms with van der Waals surface area (Å²) in [4.78, 5) is 24.2. The molecule has 0 aliphatic carbocycles. The topological polar surface area (TPSA) is 104 Å². The second-order valence-corrected chi connectivity index (χ2v) is 3.22. The number of carbonyl (C=O) groups is 2. The molecule has 0 spiro atoms. The van der Waals surface area contributed by atoms with E-state index < -0.39 is 12.0 Å². The van der Waals surface area contributed by atoms with Crippen LogP contribution in [0.25, 0.3) is 10.4 Å². The molecule has 0 aliphatic rings. The quantitative estimate of drug-likeness (QED) is 0.232. The molecule has 0 fully saturated rings. The normalized spacial score (nSPS) is 11.1. The summed E-state index contributed by atoms with van der Waals surface area (Å²) in [5, 5.41) is 5.98. The Kier molecular flexibility index (Phi) is 7.61. The number of azide groups is 1. The fraction of sp³-hybridized carbons (Fsp3) is 0.778. The Morgan fingerprint density at radius 3 is 2.69 bits per heavy atom. The van der Waals surface area contributed by atoms with Crippen molar-refractivity contribution in [1.82, 2.24) is 5.32 Å². The zero-order valence-corrected chi connectivity index (χ0v) is 9.47. The molecule has 0 aromatic carbocycles. The van der Waals surface area contributed by atoms with Crippen molar-refractivity contribution in [2.24, 2.45) is 5.11 Å². The number of hydrogen-bond acceptors (Lipinski definition) is 4. The maximum absolute atomic E-state index is 11.1. The van der Waals surface area contributed by atoms with Gasteiger partial charge in [-0.1, -0.05) is 11.5 Å². The number of nitrogens with one attached hydrogen (secondary N) is 1. The van der Waals surface area contributed by atoms with Crippen LogP contribution in [-0.4, -0.2) is 31.6 Å². The minimum absolute atomic E-state index is 0.0837. The van der Waals surface area contributed by atoms with E-state index in [1.165, 1.54) is 14.0 Å². The average molecular weight is 228 g/mol. The van der Waals surface area contributed by atoms with Crippen LogP contribution in [0.3, 0.4) is 0 Å². The van der Waals surface area contributed by atoms with E-state index in [4.69, 9.17) is 5.53 Å². The summed E-state index contributed by atoms with van der Waals surface area (Å²) in [5.41, 5.74) is 8.25. The van der Waals surface area contributed by atoms with Crippen LogP contribution in [0.2, 0.25) is 0 Å². The van der Waals surface area contributed by atoms with Crippen molar-refractivity contribution >= 4 is 11.9 Å². The molecule has 0 saturated heterocycles. The molecule has 1 N–H and O–H groups in total. The van der Waals surface area contributed by atoms with Crippen LogP contribution >= 0.6 is 0 Å². The van der Waals surface area contributed by atoms with E-state index in [0.29, 0.717) is 19.4 Å². The highest BCUT2D eigenvalue weighted by Gasteiger charge is 2.16. The number of esters is 1. The van der Waals surface area contributed by atoms with Crippen LogP contribution < -0.4 is 5.32 Å². The lowest BCUT2D eigenvalue weighted by atomic mass is 10.1. The van der Waals surface area contributed by atoms with E-state index in [-0.39, 0.29) is 5.91 Å². The summed E-state index contributed by atoms with van der Waals surface area (Å²) in [7, 11) is 1.25. The van der Waals surface area contributed by atoms with Gasteiger partial charge < -0.3 is 10.1 Å². The molecule has 0 aromatic heterocycles. The van der Waals surface area contributed by atoms with Gasteiger partial charge in [0.25, 0.3) is 0 Å². The molecule has 0 bridgehead atoms. The molecule has 1 amide bonds. The van der Waals surface area contributed by atoms with Crippen molar-refractivity contribution in [1.29, 1.82) is 0 Å². The predicted octanol–water partition coefficient (Wildman–Crippen LogP) is 1.14. The van der Waals surface area contributed by atoms with Gasteiger partial charge in [-0.3, -0.25) is 9.59 Å². The van der Waals surface area contributed by atoms with Crippen LogP contribution in [0.15, 0.2) is 5.11 Å². The largest absolute Gasteiger partial charge is 0.469 e.